The van der Waals surface area contributed by atoms with Gasteiger partial charge in [0.05, 0.1) is 12.8 Å². The minimum absolute atomic E-state index is 0.222. The average molecular weight is 228 g/mol. The van der Waals surface area contributed by atoms with E-state index < -0.39 is 24.6 Å². The van der Waals surface area contributed by atoms with Crippen molar-refractivity contribution >= 4 is 12.0 Å². The van der Waals surface area contributed by atoms with Gasteiger partial charge in [0.25, 0.3) is 0 Å². The highest BCUT2D eigenvalue weighted by atomic mass is 16.4. The maximum Gasteiger partial charge on any atom is 0.328 e. The lowest BCUT2D eigenvalue weighted by molar-refractivity contribution is -0.140. The molecule has 5 N–H and O–H groups in total. The van der Waals surface area contributed by atoms with E-state index in [4.69, 9.17) is 10.2 Å². The van der Waals surface area contributed by atoms with Gasteiger partial charge in [-0.25, -0.2) is 9.59 Å². The predicted octanol–water partition coefficient (Wildman–Crippen LogP) is -1.35. The molecule has 0 aromatic carbocycles. The van der Waals surface area contributed by atoms with Crippen LogP contribution in [0, 0.1) is 0 Å². The molecule has 0 radical (unpaired) electrons. The van der Waals surface area contributed by atoms with Gasteiger partial charge in [0.2, 0.25) is 0 Å². The number of carboxylic acid groups (broad SMARTS) is 1. The number of hydrogen-bond donors (Lipinski definition) is 5. The van der Waals surface area contributed by atoms with Crippen molar-refractivity contribution in [1.82, 2.24) is 20.8 Å². The highest BCUT2D eigenvalue weighted by molar-refractivity contribution is 5.82. The summed E-state index contributed by atoms with van der Waals surface area (Å²) in [7, 11) is 0. The summed E-state index contributed by atoms with van der Waals surface area (Å²) in [4.78, 5) is 21.7. The predicted molar refractivity (Wildman–Crippen MR) is 52.5 cm³/mol. The smallest absolute Gasteiger partial charge is 0.328 e. The van der Waals surface area contributed by atoms with Gasteiger partial charge < -0.3 is 20.8 Å². The van der Waals surface area contributed by atoms with E-state index in [0.717, 1.165) is 5.56 Å². The molecule has 1 aromatic heterocycles. The van der Waals surface area contributed by atoms with Crippen molar-refractivity contribution < 1.29 is 19.8 Å². The van der Waals surface area contributed by atoms with E-state index in [9.17, 15) is 9.59 Å². The number of carbonyl (C=O) groups is 2. The molecule has 0 spiro atoms. The summed E-state index contributed by atoms with van der Waals surface area (Å²) in [6, 6.07) is -1.97. The molecular formula is C8H12N4O4. The largest absolute Gasteiger partial charge is 0.480 e. The molecule has 16 heavy (non-hydrogen) atoms. The first kappa shape index (κ1) is 12.0. The summed E-state index contributed by atoms with van der Waals surface area (Å²) in [5.41, 5.74) is 0.756. The number of H-pyrrole nitrogens is 1. The van der Waals surface area contributed by atoms with Crippen molar-refractivity contribution in [1.29, 1.82) is 0 Å². The molecule has 88 valence electrons. The van der Waals surface area contributed by atoms with Crippen molar-refractivity contribution in [3.05, 3.63) is 18.0 Å². The number of nitrogens with one attached hydrogen (secondary N) is 3. The zero-order chi connectivity index (χ0) is 12.0. The van der Waals surface area contributed by atoms with Crippen molar-refractivity contribution in [3.63, 3.8) is 0 Å². The number of urea groups is 1. The first-order valence-electron chi connectivity index (χ1n) is 4.49. The van der Waals surface area contributed by atoms with E-state index in [2.05, 4.69) is 20.8 Å². The van der Waals surface area contributed by atoms with Crippen molar-refractivity contribution in [2.75, 3.05) is 6.61 Å². The van der Waals surface area contributed by atoms with Gasteiger partial charge in [-0.2, -0.15) is 5.10 Å². The third-order valence-electron chi connectivity index (χ3n) is 1.79. The molecule has 1 aromatic rings. The van der Waals surface area contributed by atoms with E-state index in [1.54, 1.807) is 6.20 Å². The number of aliphatic hydroxyl groups excluding tert-OH is 1. The van der Waals surface area contributed by atoms with Gasteiger partial charge in [0.15, 0.2) is 6.04 Å². The molecule has 0 aliphatic carbocycles. The molecule has 0 bridgehead atoms. The van der Waals surface area contributed by atoms with Crippen LogP contribution in [0.5, 0.6) is 0 Å². The van der Waals surface area contributed by atoms with Crippen LogP contribution in [0.1, 0.15) is 5.56 Å². The van der Waals surface area contributed by atoms with Crippen LogP contribution in [0.15, 0.2) is 12.4 Å². The van der Waals surface area contributed by atoms with Crippen LogP contribution in [0.3, 0.4) is 0 Å². The number of aliphatic carboxylic acids is 1. The first-order chi connectivity index (χ1) is 7.63. The summed E-state index contributed by atoms with van der Waals surface area (Å²) in [6.45, 7) is -0.436. The summed E-state index contributed by atoms with van der Waals surface area (Å²) >= 11 is 0. The summed E-state index contributed by atoms with van der Waals surface area (Å²) in [6.07, 6.45) is 3.13. The zero-order valence-electron chi connectivity index (χ0n) is 8.30. The van der Waals surface area contributed by atoms with Crippen molar-refractivity contribution in [3.8, 4) is 0 Å². The zero-order valence-corrected chi connectivity index (χ0v) is 8.30. The summed E-state index contributed by atoms with van der Waals surface area (Å²) in [5, 5.41) is 28.0. The van der Waals surface area contributed by atoms with Gasteiger partial charge in [-0.1, -0.05) is 0 Å². The molecule has 0 aliphatic rings. The lowest BCUT2D eigenvalue weighted by Gasteiger charge is -2.11. The number of aromatic amines is 1. The number of carboxylic acids is 1. The Morgan fingerprint density at radius 1 is 1.56 bits per heavy atom. The Morgan fingerprint density at radius 2 is 2.31 bits per heavy atom. The van der Waals surface area contributed by atoms with E-state index >= 15 is 0 Å². The van der Waals surface area contributed by atoms with E-state index in [-0.39, 0.29) is 6.54 Å². The van der Waals surface area contributed by atoms with Crippen LogP contribution in [-0.4, -0.2) is 45.1 Å². The third-order valence-corrected chi connectivity index (χ3v) is 1.79. The Balaban J connectivity index is 2.33. The number of hydrogen-bond acceptors (Lipinski definition) is 4. The molecule has 0 fully saturated rings. The lowest BCUT2D eigenvalue weighted by Crippen LogP contribution is -2.47. The number of carbonyl (C=O) groups excluding carboxylic acids is 1. The van der Waals surface area contributed by atoms with Crippen LogP contribution in [0.4, 0.5) is 4.79 Å². The quantitative estimate of drug-likeness (QED) is 0.426. The van der Waals surface area contributed by atoms with Gasteiger partial charge in [0.1, 0.15) is 0 Å². The Labute approximate surface area is 90.7 Å². The van der Waals surface area contributed by atoms with Crippen LogP contribution in [-0.2, 0) is 11.3 Å². The Morgan fingerprint density at radius 3 is 2.81 bits per heavy atom. The van der Waals surface area contributed by atoms with Crippen molar-refractivity contribution in [2.45, 2.75) is 12.6 Å². The Bertz CT molecular complexity index is 351. The van der Waals surface area contributed by atoms with Crippen LogP contribution in [0.25, 0.3) is 0 Å². The number of nitrogens with zero attached hydrogens (tertiary/aromatic N) is 1. The molecule has 8 heteroatoms. The van der Waals surface area contributed by atoms with Crippen molar-refractivity contribution in [2.24, 2.45) is 0 Å². The summed E-state index contributed by atoms with van der Waals surface area (Å²) in [5.74, 6) is -1.29. The molecular weight excluding hydrogens is 216 g/mol. The minimum Gasteiger partial charge on any atom is -0.480 e. The SMILES string of the molecule is O=C(NCc1cn[nH]c1)N[C@@H](CO)C(=O)O. The van der Waals surface area contributed by atoms with Gasteiger partial charge in [-0.05, 0) is 0 Å². The Kier molecular flexibility index (Phi) is 4.28. The molecule has 0 saturated carbocycles. The van der Waals surface area contributed by atoms with E-state index in [1.807, 2.05) is 0 Å². The second-order valence-electron chi connectivity index (χ2n) is 3.01. The molecule has 1 heterocycles. The molecule has 2 amide bonds. The second kappa shape index (κ2) is 5.71. The van der Waals surface area contributed by atoms with Gasteiger partial charge >= 0.3 is 12.0 Å². The molecule has 0 aliphatic heterocycles. The lowest BCUT2D eigenvalue weighted by atomic mass is 10.3. The molecule has 1 rings (SSSR count). The number of amides is 2. The standard InChI is InChI=1S/C8H12N4O4/c13-4-6(7(14)15)12-8(16)9-1-5-2-10-11-3-5/h2-3,6,13H,1,4H2,(H,10,11)(H,14,15)(H2,9,12,16)/t6-/m0/s1. The first-order valence-corrected chi connectivity index (χ1v) is 4.49. The highest BCUT2D eigenvalue weighted by Gasteiger charge is 2.18. The van der Waals surface area contributed by atoms with Gasteiger partial charge in [-0.15, -0.1) is 0 Å². The fraction of sp³-hybridized carbons (Fsp3) is 0.375. The number of aliphatic hydroxyl groups is 1. The monoisotopic (exact) mass is 228 g/mol. The molecule has 1 atom stereocenters. The average Bonchev–Trinajstić information content (AvgIpc) is 2.75. The maximum absolute atomic E-state index is 11.2. The number of rotatable bonds is 5. The van der Waals surface area contributed by atoms with Gasteiger partial charge in [-0.3, -0.25) is 5.10 Å². The molecule has 0 unspecified atom stereocenters. The second-order valence-corrected chi connectivity index (χ2v) is 3.01. The number of aromatic nitrogens is 2. The topological polar surface area (TPSA) is 127 Å². The normalized spacial score (nSPS) is 11.8. The minimum atomic E-state index is -1.30. The van der Waals surface area contributed by atoms with E-state index in [0.29, 0.717) is 0 Å². The summed E-state index contributed by atoms with van der Waals surface area (Å²) < 4.78 is 0. The highest BCUT2D eigenvalue weighted by Crippen LogP contribution is 1.91. The Hall–Kier alpha value is -2.09. The third kappa shape index (κ3) is 3.58. The van der Waals surface area contributed by atoms with E-state index in [1.165, 1.54) is 6.20 Å². The van der Waals surface area contributed by atoms with Crippen LogP contribution in [0.2, 0.25) is 0 Å². The van der Waals surface area contributed by atoms with Crippen LogP contribution >= 0.6 is 0 Å². The fourth-order valence-electron chi connectivity index (χ4n) is 0.951. The van der Waals surface area contributed by atoms with Gasteiger partial charge in [0, 0.05) is 18.3 Å². The maximum atomic E-state index is 11.2. The van der Waals surface area contributed by atoms with Crippen LogP contribution < -0.4 is 10.6 Å². The molecule has 8 nitrogen and oxygen atoms in total. The molecule has 0 saturated heterocycles. The fourth-order valence-corrected chi connectivity index (χ4v) is 0.951.